The molecule has 1 saturated heterocycles. The van der Waals surface area contributed by atoms with Gasteiger partial charge in [-0.3, -0.25) is 4.98 Å². The van der Waals surface area contributed by atoms with E-state index >= 15 is 0 Å². The second kappa shape index (κ2) is 10.1. The third-order valence-electron chi connectivity index (χ3n) is 6.84. The quantitative estimate of drug-likeness (QED) is 0.468. The van der Waals surface area contributed by atoms with Gasteiger partial charge in [0.25, 0.3) is 0 Å². The molecule has 1 aliphatic carbocycles. The summed E-state index contributed by atoms with van der Waals surface area (Å²) >= 11 is 6.16. The second-order valence-corrected chi connectivity index (χ2v) is 9.90. The fraction of sp³-hybridized carbons (Fsp3) is 0.500. The summed E-state index contributed by atoms with van der Waals surface area (Å²) in [5, 5.41) is 9.25. The third-order valence-corrected chi connectivity index (χ3v) is 7.08. The van der Waals surface area contributed by atoms with Crippen LogP contribution in [0, 0.1) is 6.92 Å². The Morgan fingerprint density at radius 3 is 2.52 bits per heavy atom. The zero-order valence-electron chi connectivity index (χ0n) is 19.4. The summed E-state index contributed by atoms with van der Waals surface area (Å²) in [6.45, 7) is 4.26. The first-order chi connectivity index (χ1) is 16.1. The van der Waals surface area contributed by atoms with Crippen LogP contribution in [0.5, 0.6) is 0 Å². The van der Waals surface area contributed by atoms with Crippen molar-refractivity contribution in [2.24, 2.45) is 0 Å². The monoisotopic (exact) mass is 464 g/mol. The van der Waals surface area contributed by atoms with E-state index in [9.17, 15) is 0 Å². The summed E-state index contributed by atoms with van der Waals surface area (Å²) in [5.74, 6) is 1.84. The van der Waals surface area contributed by atoms with Gasteiger partial charge in [0.2, 0.25) is 5.95 Å². The molecule has 2 unspecified atom stereocenters. The number of halogens is 1. The van der Waals surface area contributed by atoms with E-state index in [0.717, 1.165) is 66.4 Å². The lowest BCUT2D eigenvalue weighted by Gasteiger charge is -2.31. The molecule has 0 radical (unpaired) electrons. The van der Waals surface area contributed by atoms with E-state index in [1.54, 1.807) is 0 Å². The van der Waals surface area contributed by atoms with Crippen LogP contribution >= 0.6 is 11.6 Å². The van der Waals surface area contributed by atoms with Gasteiger partial charge in [-0.1, -0.05) is 24.4 Å². The van der Waals surface area contributed by atoms with Crippen LogP contribution in [0.4, 0.5) is 17.5 Å². The molecular formula is C26H33ClN6. The van der Waals surface area contributed by atoms with E-state index in [1.807, 2.05) is 18.3 Å². The SMILES string of the molecule is Cc1cc(N2CCCCCC2)nc(NC2CCCC(Nc3ccnc4cc(Cl)ccc34)C2)n1. The molecule has 2 aromatic heterocycles. The molecule has 2 aliphatic rings. The zero-order chi connectivity index (χ0) is 22.6. The van der Waals surface area contributed by atoms with E-state index < -0.39 is 0 Å². The minimum atomic E-state index is 0.359. The Hall–Kier alpha value is -2.60. The van der Waals surface area contributed by atoms with Gasteiger partial charge < -0.3 is 15.5 Å². The molecule has 3 heterocycles. The first-order valence-corrected chi connectivity index (χ1v) is 12.7. The Bertz CT molecular complexity index is 1100. The molecule has 2 atom stereocenters. The third kappa shape index (κ3) is 5.49. The number of nitrogens with zero attached hydrogens (tertiary/aromatic N) is 4. The van der Waals surface area contributed by atoms with Gasteiger partial charge in [0.05, 0.1) is 5.52 Å². The first kappa shape index (κ1) is 22.2. The van der Waals surface area contributed by atoms with Crippen molar-refractivity contribution in [3.8, 4) is 0 Å². The van der Waals surface area contributed by atoms with Crippen molar-refractivity contribution in [1.29, 1.82) is 0 Å². The van der Waals surface area contributed by atoms with Crippen molar-refractivity contribution in [2.75, 3.05) is 28.6 Å². The van der Waals surface area contributed by atoms with Gasteiger partial charge in [-0.15, -0.1) is 0 Å². The predicted octanol–water partition coefficient (Wildman–Crippen LogP) is 6.20. The van der Waals surface area contributed by atoms with Gasteiger partial charge in [-0.25, -0.2) is 4.98 Å². The van der Waals surface area contributed by atoms with Crippen LogP contribution in [0.25, 0.3) is 10.9 Å². The molecule has 1 aliphatic heterocycles. The molecule has 0 spiro atoms. The van der Waals surface area contributed by atoms with Gasteiger partial charge in [0.1, 0.15) is 5.82 Å². The topological polar surface area (TPSA) is 66.0 Å². The van der Waals surface area contributed by atoms with E-state index in [2.05, 4.69) is 45.6 Å². The number of anilines is 3. The maximum atomic E-state index is 6.16. The lowest BCUT2D eigenvalue weighted by Crippen LogP contribution is -2.35. The van der Waals surface area contributed by atoms with E-state index in [4.69, 9.17) is 21.6 Å². The number of pyridine rings is 1. The van der Waals surface area contributed by atoms with Crippen LogP contribution in [-0.4, -0.2) is 40.1 Å². The van der Waals surface area contributed by atoms with E-state index in [1.165, 1.54) is 32.1 Å². The Morgan fingerprint density at radius 1 is 0.909 bits per heavy atom. The number of aromatic nitrogens is 3. The Kier molecular flexibility index (Phi) is 6.81. The summed E-state index contributed by atoms with van der Waals surface area (Å²) in [6, 6.07) is 10.8. The number of fused-ring (bicyclic) bond motifs is 1. The van der Waals surface area contributed by atoms with Crippen LogP contribution in [0.15, 0.2) is 36.5 Å². The summed E-state index contributed by atoms with van der Waals surface area (Å²) in [5.41, 5.74) is 3.07. The smallest absolute Gasteiger partial charge is 0.225 e. The normalized spacial score (nSPS) is 21.6. The number of hydrogen-bond donors (Lipinski definition) is 2. The molecule has 1 aromatic carbocycles. The predicted molar refractivity (Wildman–Crippen MR) is 137 cm³/mol. The number of rotatable bonds is 5. The number of benzene rings is 1. The molecular weight excluding hydrogens is 432 g/mol. The minimum Gasteiger partial charge on any atom is -0.382 e. The van der Waals surface area contributed by atoms with Crippen molar-refractivity contribution in [3.05, 3.63) is 47.2 Å². The standard InChI is InChI=1S/C26H33ClN6/c1-18-15-25(33-13-4-2-3-5-14-33)32-26(29-18)31-21-8-6-7-20(17-21)30-23-11-12-28-24-16-19(27)9-10-22(23)24/h9-12,15-16,20-21H,2-8,13-14,17H2,1H3,(H,28,30)(H,29,31,32). The summed E-state index contributed by atoms with van der Waals surface area (Å²) in [4.78, 5) is 16.5. The van der Waals surface area contributed by atoms with Gasteiger partial charge in [0, 0.05) is 59.2 Å². The highest BCUT2D eigenvalue weighted by Gasteiger charge is 2.23. The van der Waals surface area contributed by atoms with Crippen LogP contribution in [0.2, 0.25) is 5.02 Å². The van der Waals surface area contributed by atoms with Crippen LogP contribution in [0.1, 0.15) is 57.1 Å². The largest absolute Gasteiger partial charge is 0.382 e. The van der Waals surface area contributed by atoms with Crippen LogP contribution in [-0.2, 0) is 0 Å². The molecule has 33 heavy (non-hydrogen) atoms. The van der Waals surface area contributed by atoms with Crippen molar-refractivity contribution >= 4 is 40.0 Å². The van der Waals surface area contributed by atoms with Crippen molar-refractivity contribution in [1.82, 2.24) is 15.0 Å². The van der Waals surface area contributed by atoms with Crippen LogP contribution < -0.4 is 15.5 Å². The Balaban J connectivity index is 1.27. The first-order valence-electron chi connectivity index (χ1n) is 12.3. The van der Waals surface area contributed by atoms with Crippen LogP contribution in [0.3, 0.4) is 0 Å². The molecule has 0 bridgehead atoms. The highest BCUT2D eigenvalue weighted by Crippen LogP contribution is 2.29. The number of nitrogens with one attached hydrogen (secondary N) is 2. The molecule has 5 rings (SSSR count). The summed E-state index contributed by atoms with van der Waals surface area (Å²) in [6.07, 6.45) is 11.5. The average molecular weight is 465 g/mol. The number of aryl methyl sites for hydroxylation is 1. The van der Waals surface area contributed by atoms with Gasteiger partial charge in [0.15, 0.2) is 0 Å². The van der Waals surface area contributed by atoms with Gasteiger partial charge >= 0.3 is 0 Å². The van der Waals surface area contributed by atoms with Gasteiger partial charge in [-0.05, 0) is 69.7 Å². The fourth-order valence-electron chi connectivity index (χ4n) is 5.18. The van der Waals surface area contributed by atoms with Gasteiger partial charge in [-0.2, -0.15) is 4.98 Å². The molecule has 2 N–H and O–H groups in total. The maximum Gasteiger partial charge on any atom is 0.225 e. The van der Waals surface area contributed by atoms with Crippen molar-refractivity contribution < 1.29 is 0 Å². The lowest BCUT2D eigenvalue weighted by molar-refractivity contribution is 0.426. The Morgan fingerprint density at radius 2 is 1.70 bits per heavy atom. The fourth-order valence-corrected chi connectivity index (χ4v) is 5.35. The van der Waals surface area contributed by atoms with E-state index in [0.29, 0.717) is 17.1 Å². The highest BCUT2D eigenvalue weighted by molar-refractivity contribution is 6.31. The molecule has 3 aromatic rings. The number of hydrogen-bond acceptors (Lipinski definition) is 6. The summed E-state index contributed by atoms with van der Waals surface area (Å²) < 4.78 is 0. The molecule has 0 amide bonds. The minimum absolute atomic E-state index is 0.359. The molecule has 2 fully saturated rings. The highest BCUT2D eigenvalue weighted by atomic mass is 35.5. The van der Waals surface area contributed by atoms with Crippen molar-refractivity contribution in [2.45, 2.75) is 70.4 Å². The van der Waals surface area contributed by atoms with Crippen molar-refractivity contribution in [3.63, 3.8) is 0 Å². The maximum absolute atomic E-state index is 6.16. The molecule has 1 saturated carbocycles. The molecule has 6 nitrogen and oxygen atoms in total. The zero-order valence-corrected chi connectivity index (χ0v) is 20.1. The second-order valence-electron chi connectivity index (χ2n) is 9.46. The summed E-state index contributed by atoms with van der Waals surface area (Å²) in [7, 11) is 0. The Labute approximate surface area is 201 Å². The lowest BCUT2D eigenvalue weighted by atomic mass is 9.90. The average Bonchev–Trinajstić information content (AvgIpc) is 3.09. The molecule has 174 valence electrons. The molecule has 7 heteroatoms. The van der Waals surface area contributed by atoms with E-state index in [-0.39, 0.29) is 0 Å².